The molecule has 0 radical (unpaired) electrons. The van der Waals surface area contributed by atoms with Crippen molar-refractivity contribution in [2.24, 2.45) is 5.92 Å². The molecule has 1 aromatic carbocycles. The lowest BCUT2D eigenvalue weighted by atomic mass is 9.91. The van der Waals surface area contributed by atoms with Crippen LogP contribution in [0.2, 0.25) is 0 Å². The van der Waals surface area contributed by atoms with Crippen molar-refractivity contribution in [2.45, 2.75) is 38.8 Å². The Morgan fingerprint density at radius 1 is 1.36 bits per heavy atom. The molecule has 2 aromatic rings. The van der Waals surface area contributed by atoms with Crippen LogP contribution in [-0.4, -0.2) is 51.7 Å². The normalized spacial score (nSPS) is 22.8. The van der Waals surface area contributed by atoms with Gasteiger partial charge in [-0.1, -0.05) is 19.1 Å². The average Bonchev–Trinajstić information content (AvgIpc) is 3.05. The minimum atomic E-state index is -0.585. The van der Waals surface area contributed by atoms with Gasteiger partial charge in [0.25, 0.3) is 5.91 Å². The van der Waals surface area contributed by atoms with Crippen LogP contribution >= 0.6 is 0 Å². The SMILES string of the molecule is Cc1ccn(C[C@@H](C)C(=O)N2CCC[C@@]3(CNC(=O)c4ccccc4O3)C2)n1. The molecule has 7 nitrogen and oxygen atoms in total. The number of ether oxygens (including phenoxy) is 1. The van der Waals surface area contributed by atoms with Crippen LogP contribution in [0.3, 0.4) is 0 Å². The summed E-state index contributed by atoms with van der Waals surface area (Å²) in [5.41, 5.74) is 0.904. The molecule has 2 aliphatic rings. The van der Waals surface area contributed by atoms with Gasteiger partial charge in [-0.25, -0.2) is 0 Å². The zero-order valence-corrected chi connectivity index (χ0v) is 16.4. The number of aromatic nitrogens is 2. The van der Waals surface area contributed by atoms with Crippen LogP contribution in [0, 0.1) is 12.8 Å². The number of carbonyl (C=O) groups is 2. The van der Waals surface area contributed by atoms with E-state index in [4.69, 9.17) is 4.74 Å². The number of likely N-dealkylation sites (tertiary alicyclic amines) is 1. The molecule has 1 saturated heterocycles. The Labute approximate surface area is 164 Å². The van der Waals surface area contributed by atoms with E-state index >= 15 is 0 Å². The molecule has 1 aromatic heterocycles. The van der Waals surface area contributed by atoms with Crippen LogP contribution in [0.15, 0.2) is 36.5 Å². The fourth-order valence-corrected chi connectivity index (χ4v) is 4.10. The molecule has 0 unspecified atom stereocenters. The quantitative estimate of drug-likeness (QED) is 0.881. The molecule has 28 heavy (non-hydrogen) atoms. The fourth-order valence-electron chi connectivity index (χ4n) is 4.10. The van der Waals surface area contributed by atoms with E-state index in [2.05, 4.69) is 10.4 Å². The summed E-state index contributed by atoms with van der Waals surface area (Å²) in [7, 11) is 0. The first-order chi connectivity index (χ1) is 13.5. The highest BCUT2D eigenvalue weighted by Gasteiger charge is 2.42. The maximum absolute atomic E-state index is 13.1. The molecule has 0 saturated carbocycles. The predicted octanol–water partition coefficient (Wildman–Crippen LogP) is 2.01. The number of para-hydroxylation sites is 1. The number of amides is 2. The van der Waals surface area contributed by atoms with Crippen LogP contribution < -0.4 is 10.1 Å². The van der Waals surface area contributed by atoms with Gasteiger partial charge in [0.15, 0.2) is 0 Å². The number of piperidine rings is 1. The maximum Gasteiger partial charge on any atom is 0.255 e. The standard InChI is InChI=1S/C21H26N4O3/c1-15(12-25-11-8-16(2)23-25)20(27)24-10-5-9-21(14-24)13-22-19(26)17-6-3-4-7-18(17)28-21/h3-4,6-8,11,15H,5,9-10,12-14H2,1-2H3,(H,22,26)/t15-,21-/m1/s1. The Bertz CT molecular complexity index is 893. The van der Waals surface area contributed by atoms with Crippen LogP contribution in [0.4, 0.5) is 0 Å². The number of nitrogens with zero attached hydrogens (tertiary/aromatic N) is 3. The Hall–Kier alpha value is -2.83. The van der Waals surface area contributed by atoms with Gasteiger partial charge in [0.2, 0.25) is 5.91 Å². The van der Waals surface area contributed by atoms with Gasteiger partial charge in [0.1, 0.15) is 11.4 Å². The Kier molecular flexibility index (Phi) is 4.83. The lowest BCUT2D eigenvalue weighted by Crippen LogP contribution is -2.58. The average molecular weight is 382 g/mol. The van der Waals surface area contributed by atoms with E-state index in [0.29, 0.717) is 37.5 Å². The zero-order chi connectivity index (χ0) is 19.7. The smallest absolute Gasteiger partial charge is 0.255 e. The molecule has 1 fully saturated rings. The second-order valence-corrected chi connectivity index (χ2v) is 7.91. The summed E-state index contributed by atoms with van der Waals surface area (Å²) < 4.78 is 8.16. The fraction of sp³-hybridized carbons (Fsp3) is 0.476. The topological polar surface area (TPSA) is 76.5 Å². The van der Waals surface area contributed by atoms with Crippen LogP contribution in [0.1, 0.15) is 35.8 Å². The molecule has 2 atom stereocenters. The van der Waals surface area contributed by atoms with Crippen molar-refractivity contribution in [1.29, 1.82) is 0 Å². The molecule has 3 heterocycles. The second-order valence-electron chi connectivity index (χ2n) is 7.91. The van der Waals surface area contributed by atoms with Gasteiger partial charge in [0, 0.05) is 12.7 Å². The van der Waals surface area contributed by atoms with Crippen LogP contribution in [0.25, 0.3) is 0 Å². The Morgan fingerprint density at radius 2 is 2.18 bits per heavy atom. The minimum absolute atomic E-state index is 0.0969. The molecule has 2 amide bonds. The van der Waals surface area contributed by atoms with E-state index in [9.17, 15) is 9.59 Å². The van der Waals surface area contributed by atoms with E-state index in [-0.39, 0.29) is 17.7 Å². The molecule has 4 rings (SSSR count). The lowest BCUT2D eigenvalue weighted by Gasteiger charge is -2.42. The number of benzene rings is 1. The van der Waals surface area contributed by atoms with Gasteiger partial charge in [-0.15, -0.1) is 0 Å². The number of nitrogens with one attached hydrogen (secondary N) is 1. The van der Waals surface area contributed by atoms with Crippen molar-refractivity contribution >= 4 is 11.8 Å². The van der Waals surface area contributed by atoms with E-state index < -0.39 is 5.60 Å². The number of hydrogen-bond acceptors (Lipinski definition) is 4. The van der Waals surface area contributed by atoms with Crippen LogP contribution in [-0.2, 0) is 11.3 Å². The van der Waals surface area contributed by atoms with E-state index in [0.717, 1.165) is 18.5 Å². The summed E-state index contributed by atoms with van der Waals surface area (Å²) in [5.74, 6) is 0.381. The minimum Gasteiger partial charge on any atom is -0.483 e. The van der Waals surface area contributed by atoms with E-state index in [1.54, 1.807) is 6.07 Å². The highest BCUT2D eigenvalue weighted by atomic mass is 16.5. The van der Waals surface area contributed by atoms with Gasteiger partial charge in [-0.3, -0.25) is 14.3 Å². The first kappa shape index (κ1) is 18.5. The largest absolute Gasteiger partial charge is 0.483 e. The highest BCUT2D eigenvalue weighted by molar-refractivity contribution is 5.97. The van der Waals surface area contributed by atoms with Gasteiger partial charge < -0.3 is 15.0 Å². The summed E-state index contributed by atoms with van der Waals surface area (Å²) in [6, 6.07) is 9.22. The maximum atomic E-state index is 13.1. The third-order valence-corrected chi connectivity index (χ3v) is 5.54. The van der Waals surface area contributed by atoms with Gasteiger partial charge in [-0.2, -0.15) is 5.10 Å². The monoisotopic (exact) mass is 382 g/mol. The first-order valence-corrected chi connectivity index (χ1v) is 9.81. The van der Waals surface area contributed by atoms with Crippen LogP contribution in [0.5, 0.6) is 5.75 Å². The first-order valence-electron chi connectivity index (χ1n) is 9.81. The molecule has 0 bridgehead atoms. The second kappa shape index (κ2) is 7.30. The third kappa shape index (κ3) is 3.61. The van der Waals surface area contributed by atoms with Crippen molar-refractivity contribution in [3.05, 3.63) is 47.8 Å². The summed E-state index contributed by atoms with van der Waals surface area (Å²) in [6.45, 7) is 6.01. The van der Waals surface area contributed by atoms with Gasteiger partial charge in [-0.05, 0) is 38.0 Å². The number of carbonyl (C=O) groups excluding carboxylic acids is 2. The molecule has 2 aliphatic heterocycles. The number of rotatable bonds is 3. The molecular formula is C21H26N4O3. The summed E-state index contributed by atoms with van der Waals surface area (Å²) in [6.07, 6.45) is 3.55. The van der Waals surface area contributed by atoms with Crippen molar-refractivity contribution < 1.29 is 14.3 Å². The summed E-state index contributed by atoms with van der Waals surface area (Å²) in [4.78, 5) is 27.3. The molecule has 1 spiro atoms. The van der Waals surface area contributed by atoms with Gasteiger partial charge in [0.05, 0.1) is 36.8 Å². The summed E-state index contributed by atoms with van der Waals surface area (Å²) in [5, 5.41) is 7.36. The van der Waals surface area contributed by atoms with Gasteiger partial charge >= 0.3 is 0 Å². The number of fused-ring (bicyclic) bond motifs is 1. The third-order valence-electron chi connectivity index (χ3n) is 5.54. The Balaban J connectivity index is 1.49. The Morgan fingerprint density at radius 3 is 2.96 bits per heavy atom. The highest BCUT2D eigenvalue weighted by Crippen LogP contribution is 2.32. The van der Waals surface area contributed by atoms with Crippen molar-refractivity contribution in [1.82, 2.24) is 20.0 Å². The van der Waals surface area contributed by atoms with E-state index in [1.165, 1.54) is 0 Å². The zero-order valence-electron chi connectivity index (χ0n) is 16.4. The molecular weight excluding hydrogens is 356 g/mol. The van der Waals surface area contributed by atoms with Crippen molar-refractivity contribution in [3.63, 3.8) is 0 Å². The van der Waals surface area contributed by atoms with Crippen molar-refractivity contribution in [2.75, 3.05) is 19.6 Å². The predicted molar refractivity (Wildman–Crippen MR) is 104 cm³/mol. The molecule has 1 N–H and O–H groups in total. The number of aryl methyl sites for hydroxylation is 1. The summed E-state index contributed by atoms with van der Waals surface area (Å²) >= 11 is 0. The molecule has 148 valence electrons. The number of hydrogen-bond donors (Lipinski definition) is 1. The van der Waals surface area contributed by atoms with E-state index in [1.807, 2.05) is 53.9 Å². The van der Waals surface area contributed by atoms with Crippen molar-refractivity contribution in [3.8, 4) is 5.75 Å². The lowest BCUT2D eigenvalue weighted by molar-refractivity contribution is -0.141. The molecule has 7 heteroatoms. The molecule has 0 aliphatic carbocycles.